The van der Waals surface area contributed by atoms with Crippen LogP contribution in [-0.2, 0) is 6.18 Å². The molecule has 25 heavy (non-hydrogen) atoms. The predicted octanol–water partition coefficient (Wildman–Crippen LogP) is 4.26. The first-order valence-corrected chi connectivity index (χ1v) is 7.44. The van der Waals surface area contributed by atoms with E-state index in [1.807, 2.05) is 0 Å². The third kappa shape index (κ3) is 3.57. The van der Waals surface area contributed by atoms with Crippen molar-refractivity contribution < 1.29 is 23.0 Å². The number of hydrogen-bond donors (Lipinski definition) is 2. The van der Waals surface area contributed by atoms with Crippen molar-refractivity contribution in [1.82, 2.24) is 15.2 Å². The number of aromatic nitrogens is 3. The van der Waals surface area contributed by atoms with E-state index in [0.29, 0.717) is 35.1 Å². The first kappa shape index (κ1) is 16.8. The molecule has 0 saturated carbocycles. The maximum absolute atomic E-state index is 12.6. The molecule has 0 bridgehead atoms. The Bertz CT molecular complexity index is 874. The molecule has 0 fully saturated rings. The van der Waals surface area contributed by atoms with Gasteiger partial charge in [-0.2, -0.15) is 18.3 Å². The van der Waals surface area contributed by atoms with Gasteiger partial charge in [-0.3, -0.25) is 5.10 Å². The number of aromatic hydroxyl groups is 1. The maximum Gasteiger partial charge on any atom is 0.416 e. The van der Waals surface area contributed by atoms with E-state index in [1.165, 1.54) is 18.2 Å². The lowest BCUT2D eigenvalue weighted by Gasteiger charge is -2.06. The summed E-state index contributed by atoms with van der Waals surface area (Å²) in [5.74, 6) is 0.996. The molecule has 0 atom stereocenters. The molecule has 1 heterocycles. The number of phenolic OH excluding ortho intramolecular Hbond substituents is 1. The summed E-state index contributed by atoms with van der Waals surface area (Å²) >= 11 is 0. The SMILES string of the molecule is CCOc1cc(-c2n[nH]c(-c3ccc(C(F)(F)F)cc3)n2)ccc1O. The van der Waals surface area contributed by atoms with Crippen molar-refractivity contribution in [2.75, 3.05) is 6.61 Å². The number of halogens is 3. The van der Waals surface area contributed by atoms with Crippen LogP contribution in [0.25, 0.3) is 22.8 Å². The third-order valence-corrected chi connectivity index (χ3v) is 3.49. The molecule has 3 aromatic rings. The zero-order valence-electron chi connectivity index (χ0n) is 13.1. The van der Waals surface area contributed by atoms with Crippen LogP contribution in [-0.4, -0.2) is 26.9 Å². The van der Waals surface area contributed by atoms with E-state index in [0.717, 1.165) is 12.1 Å². The van der Waals surface area contributed by atoms with Crippen molar-refractivity contribution in [3.8, 4) is 34.3 Å². The highest BCUT2D eigenvalue weighted by Crippen LogP contribution is 2.32. The fourth-order valence-corrected chi connectivity index (χ4v) is 2.26. The number of aromatic amines is 1. The normalized spacial score (nSPS) is 11.5. The lowest BCUT2D eigenvalue weighted by atomic mass is 10.1. The van der Waals surface area contributed by atoms with Gasteiger partial charge in [0.2, 0.25) is 0 Å². The van der Waals surface area contributed by atoms with E-state index in [9.17, 15) is 18.3 Å². The molecule has 0 spiro atoms. The van der Waals surface area contributed by atoms with Crippen LogP contribution in [0.1, 0.15) is 12.5 Å². The van der Waals surface area contributed by atoms with Gasteiger partial charge in [0.05, 0.1) is 12.2 Å². The fourth-order valence-electron chi connectivity index (χ4n) is 2.26. The second-order valence-electron chi connectivity index (χ2n) is 5.20. The van der Waals surface area contributed by atoms with Gasteiger partial charge in [-0.15, -0.1) is 0 Å². The van der Waals surface area contributed by atoms with Gasteiger partial charge in [0.1, 0.15) is 0 Å². The first-order chi connectivity index (χ1) is 11.9. The highest BCUT2D eigenvalue weighted by Gasteiger charge is 2.30. The number of ether oxygens (including phenoxy) is 1. The number of phenols is 1. The number of hydrogen-bond acceptors (Lipinski definition) is 4. The average molecular weight is 349 g/mol. The Hall–Kier alpha value is -3.03. The Morgan fingerprint density at radius 3 is 2.40 bits per heavy atom. The minimum Gasteiger partial charge on any atom is -0.504 e. The summed E-state index contributed by atoms with van der Waals surface area (Å²) in [7, 11) is 0. The van der Waals surface area contributed by atoms with Crippen molar-refractivity contribution >= 4 is 0 Å². The summed E-state index contributed by atoms with van der Waals surface area (Å²) in [4.78, 5) is 4.29. The van der Waals surface area contributed by atoms with Crippen LogP contribution in [0.5, 0.6) is 11.5 Å². The Balaban J connectivity index is 1.89. The van der Waals surface area contributed by atoms with Crippen LogP contribution in [0.4, 0.5) is 13.2 Å². The average Bonchev–Trinajstić information content (AvgIpc) is 3.06. The Morgan fingerprint density at radius 2 is 1.76 bits per heavy atom. The van der Waals surface area contributed by atoms with E-state index < -0.39 is 11.7 Å². The van der Waals surface area contributed by atoms with E-state index in [4.69, 9.17) is 4.74 Å². The summed E-state index contributed by atoms with van der Waals surface area (Å²) < 4.78 is 43.2. The summed E-state index contributed by atoms with van der Waals surface area (Å²) in [6.45, 7) is 2.18. The predicted molar refractivity (Wildman–Crippen MR) is 85.1 cm³/mol. The zero-order valence-corrected chi connectivity index (χ0v) is 13.1. The Morgan fingerprint density at radius 1 is 1.08 bits per heavy atom. The standard InChI is InChI=1S/C17H14F3N3O2/c1-2-25-14-9-11(5-8-13(14)24)16-21-15(22-23-16)10-3-6-12(7-4-10)17(18,19)20/h3-9,24H,2H2,1H3,(H,21,22,23). The third-order valence-electron chi connectivity index (χ3n) is 3.49. The molecule has 0 aliphatic carbocycles. The van der Waals surface area contributed by atoms with E-state index >= 15 is 0 Å². The number of H-pyrrole nitrogens is 1. The van der Waals surface area contributed by atoms with E-state index in [2.05, 4.69) is 15.2 Å². The van der Waals surface area contributed by atoms with Crippen molar-refractivity contribution in [2.45, 2.75) is 13.1 Å². The molecule has 2 aromatic carbocycles. The van der Waals surface area contributed by atoms with E-state index in [-0.39, 0.29) is 5.75 Å². The van der Waals surface area contributed by atoms with Crippen molar-refractivity contribution in [1.29, 1.82) is 0 Å². The van der Waals surface area contributed by atoms with Gasteiger partial charge in [-0.1, -0.05) is 12.1 Å². The van der Waals surface area contributed by atoms with Gasteiger partial charge in [0.25, 0.3) is 0 Å². The molecule has 130 valence electrons. The topological polar surface area (TPSA) is 71.0 Å². The van der Waals surface area contributed by atoms with Crippen LogP contribution in [0.2, 0.25) is 0 Å². The Labute approximate surface area is 141 Å². The summed E-state index contributed by atoms with van der Waals surface area (Å²) in [5, 5.41) is 16.5. The first-order valence-electron chi connectivity index (χ1n) is 7.44. The van der Waals surface area contributed by atoms with Crippen molar-refractivity contribution in [3.05, 3.63) is 48.0 Å². The summed E-state index contributed by atoms with van der Waals surface area (Å²) in [6, 6.07) is 9.33. The molecule has 0 aliphatic heterocycles. The quantitative estimate of drug-likeness (QED) is 0.738. The lowest BCUT2D eigenvalue weighted by molar-refractivity contribution is -0.137. The number of nitrogens with one attached hydrogen (secondary N) is 1. The van der Waals surface area contributed by atoms with Gasteiger partial charge in [-0.25, -0.2) is 4.98 Å². The molecule has 0 saturated heterocycles. The van der Waals surface area contributed by atoms with Crippen molar-refractivity contribution in [3.63, 3.8) is 0 Å². The van der Waals surface area contributed by atoms with Crippen LogP contribution in [0.15, 0.2) is 42.5 Å². The molecule has 2 N–H and O–H groups in total. The van der Waals surface area contributed by atoms with Crippen LogP contribution >= 0.6 is 0 Å². The molecule has 0 radical (unpaired) electrons. The molecule has 8 heteroatoms. The van der Waals surface area contributed by atoms with Crippen molar-refractivity contribution in [2.24, 2.45) is 0 Å². The van der Waals surface area contributed by atoms with Crippen LogP contribution < -0.4 is 4.74 Å². The van der Waals surface area contributed by atoms with Crippen LogP contribution in [0, 0.1) is 0 Å². The highest BCUT2D eigenvalue weighted by atomic mass is 19.4. The highest BCUT2D eigenvalue weighted by molar-refractivity contribution is 5.64. The minimum atomic E-state index is -4.38. The van der Waals surface area contributed by atoms with Crippen LogP contribution in [0.3, 0.4) is 0 Å². The number of rotatable bonds is 4. The number of benzene rings is 2. The maximum atomic E-state index is 12.6. The number of alkyl halides is 3. The molecular formula is C17H14F3N3O2. The largest absolute Gasteiger partial charge is 0.504 e. The molecule has 1 aromatic heterocycles. The van der Waals surface area contributed by atoms with Gasteiger partial charge in [-0.05, 0) is 37.3 Å². The summed E-state index contributed by atoms with van der Waals surface area (Å²) in [6.07, 6.45) is -4.38. The molecule has 3 rings (SSSR count). The van der Waals surface area contributed by atoms with Gasteiger partial charge in [0, 0.05) is 11.1 Å². The fraction of sp³-hybridized carbons (Fsp3) is 0.176. The molecule has 0 amide bonds. The molecule has 0 unspecified atom stereocenters. The molecule has 0 aliphatic rings. The lowest BCUT2D eigenvalue weighted by Crippen LogP contribution is -2.04. The van der Waals surface area contributed by atoms with E-state index in [1.54, 1.807) is 19.1 Å². The van der Waals surface area contributed by atoms with Gasteiger partial charge in [0.15, 0.2) is 23.1 Å². The zero-order chi connectivity index (χ0) is 18.0. The molecular weight excluding hydrogens is 335 g/mol. The second-order valence-corrected chi connectivity index (χ2v) is 5.20. The monoisotopic (exact) mass is 349 g/mol. The molecule has 5 nitrogen and oxygen atoms in total. The second kappa shape index (κ2) is 6.46. The van der Waals surface area contributed by atoms with Gasteiger partial charge < -0.3 is 9.84 Å². The smallest absolute Gasteiger partial charge is 0.416 e. The Kier molecular flexibility index (Phi) is 4.35. The minimum absolute atomic E-state index is 0.00380. The number of nitrogens with zero attached hydrogens (tertiary/aromatic N) is 2. The summed E-state index contributed by atoms with van der Waals surface area (Å²) in [5.41, 5.74) is 0.363. The van der Waals surface area contributed by atoms with Gasteiger partial charge >= 0.3 is 6.18 Å².